The van der Waals surface area contributed by atoms with Crippen LogP contribution >= 0.6 is 11.8 Å². The number of aliphatic hydroxyl groups is 2. The molecule has 3 heterocycles. The second-order valence-electron chi connectivity index (χ2n) is 12.9. The molecule has 1 unspecified atom stereocenters. The maximum absolute atomic E-state index is 13.4. The molecule has 8 heteroatoms. The van der Waals surface area contributed by atoms with Crippen molar-refractivity contribution in [3.05, 3.63) is 22.8 Å². The molecule has 3 rings (SSSR count). The number of ketones is 1. The molecular weight excluding hydrogens is 502 g/mol. The highest BCUT2D eigenvalue weighted by atomic mass is 32.2. The zero-order valence-corrected chi connectivity index (χ0v) is 25.7. The van der Waals surface area contributed by atoms with Crippen LogP contribution in [0.3, 0.4) is 0 Å². The first-order chi connectivity index (χ1) is 17.5. The molecule has 0 aromatic heterocycles. The van der Waals surface area contributed by atoms with Crippen molar-refractivity contribution in [2.75, 3.05) is 7.05 Å². The van der Waals surface area contributed by atoms with E-state index >= 15 is 0 Å². The number of nitrogens with zero attached hydrogens (tertiary/aromatic N) is 1. The molecule has 216 valence electrons. The third-order valence-electron chi connectivity index (χ3n) is 9.71. The molecule has 0 aromatic carbocycles. The Hall–Kier alpha value is -1.35. The van der Waals surface area contributed by atoms with Crippen molar-refractivity contribution in [2.24, 2.45) is 29.1 Å². The quantitative estimate of drug-likeness (QED) is 0.369. The van der Waals surface area contributed by atoms with Crippen LogP contribution < -0.4 is 0 Å². The minimum atomic E-state index is -1.23. The maximum Gasteiger partial charge on any atom is 0.309 e. The molecule has 0 spiro atoms. The number of allylic oxidation sites excluding steroid dienone is 1. The molecule has 2 saturated heterocycles. The van der Waals surface area contributed by atoms with E-state index in [1.54, 1.807) is 32.5 Å². The summed E-state index contributed by atoms with van der Waals surface area (Å²) < 4.78 is 12.2. The number of Topliss-reactive ketones (excluding diaryl/α,β-unsaturated/α-hetero) is 1. The van der Waals surface area contributed by atoms with Crippen LogP contribution in [0.15, 0.2) is 22.8 Å². The van der Waals surface area contributed by atoms with E-state index in [0.29, 0.717) is 11.8 Å². The Kier molecular flexibility index (Phi) is 9.55. The first-order valence-corrected chi connectivity index (χ1v) is 15.0. The topological polar surface area (TPSA) is 99.6 Å². The summed E-state index contributed by atoms with van der Waals surface area (Å²) in [4.78, 5) is 28.7. The molecular formula is C30H49NO6S. The zero-order valence-electron chi connectivity index (χ0n) is 24.9. The summed E-state index contributed by atoms with van der Waals surface area (Å²) >= 11 is 1.74. The molecule has 0 bridgehead atoms. The standard InChI is InChI=1S/C30H49NO6S/c1-16(11-22-15-38-21(6)31(22)10)23-12-25-30(9,37-25)14-17(2)18(3)19(4)27(34)20(5)28(35)29(7,8)24(32)13-26(33)36-23/h11,15,17-21,23-25,27,32,34H,12-14H2,1-10H3/b16-11+/t17-,18+,19-,20+,21?,23-,24-,25-,27-,30+/m0/s1. The number of likely N-dealkylation sites (N-methyl/N-ethyl adjacent to an activating group) is 1. The van der Waals surface area contributed by atoms with E-state index in [-0.39, 0.29) is 41.7 Å². The summed E-state index contributed by atoms with van der Waals surface area (Å²) in [7, 11) is 2.04. The Labute approximate surface area is 233 Å². The smallest absolute Gasteiger partial charge is 0.309 e. The average Bonchev–Trinajstić information content (AvgIpc) is 3.37. The van der Waals surface area contributed by atoms with Gasteiger partial charge in [0.25, 0.3) is 0 Å². The summed E-state index contributed by atoms with van der Waals surface area (Å²) in [5, 5.41) is 24.6. The van der Waals surface area contributed by atoms with Crippen LogP contribution in [0.1, 0.15) is 81.6 Å². The molecule has 10 atom stereocenters. The van der Waals surface area contributed by atoms with Gasteiger partial charge in [-0.3, -0.25) is 9.59 Å². The number of aliphatic hydroxyl groups excluding tert-OH is 2. The highest BCUT2D eigenvalue weighted by Gasteiger charge is 2.54. The van der Waals surface area contributed by atoms with Gasteiger partial charge in [0, 0.05) is 25.1 Å². The zero-order chi connectivity index (χ0) is 28.7. The van der Waals surface area contributed by atoms with Crippen molar-refractivity contribution in [1.29, 1.82) is 0 Å². The van der Waals surface area contributed by atoms with Crippen LogP contribution in [0, 0.1) is 29.1 Å². The van der Waals surface area contributed by atoms with E-state index in [1.807, 2.05) is 20.9 Å². The van der Waals surface area contributed by atoms with E-state index in [2.05, 4.69) is 44.1 Å². The minimum absolute atomic E-state index is 0.0584. The largest absolute Gasteiger partial charge is 0.458 e. The number of hydrogen-bond acceptors (Lipinski definition) is 8. The van der Waals surface area contributed by atoms with E-state index in [1.165, 1.54) is 0 Å². The molecule has 0 radical (unpaired) electrons. The summed E-state index contributed by atoms with van der Waals surface area (Å²) in [6.45, 7) is 17.5. The fourth-order valence-electron chi connectivity index (χ4n) is 5.94. The van der Waals surface area contributed by atoms with Crippen LogP contribution in [0.4, 0.5) is 0 Å². The number of ether oxygens (including phenoxy) is 2. The molecule has 2 N–H and O–H groups in total. The molecule has 0 saturated carbocycles. The second kappa shape index (κ2) is 11.6. The third kappa shape index (κ3) is 6.51. The Morgan fingerprint density at radius 1 is 1.11 bits per heavy atom. The summed E-state index contributed by atoms with van der Waals surface area (Å²) in [5.74, 6) is -1.20. The molecule has 3 aliphatic heterocycles. The van der Waals surface area contributed by atoms with E-state index in [4.69, 9.17) is 9.47 Å². The highest BCUT2D eigenvalue weighted by Crippen LogP contribution is 2.47. The molecule has 0 aliphatic carbocycles. The number of carbonyl (C=O) groups is 2. The van der Waals surface area contributed by atoms with Gasteiger partial charge in [-0.2, -0.15) is 0 Å². The monoisotopic (exact) mass is 551 g/mol. The molecule has 0 aromatic rings. The second-order valence-corrected chi connectivity index (χ2v) is 14.1. The van der Waals surface area contributed by atoms with Gasteiger partial charge >= 0.3 is 5.97 Å². The number of epoxide rings is 1. The van der Waals surface area contributed by atoms with Crippen molar-refractivity contribution in [3.8, 4) is 0 Å². The normalized spacial score (nSPS) is 43.4. The average molecular weight is 552 g/mol. The van der Waals surface area contributed by atoms with Gasteiger partial charge in [0.05, 0.1) is 41.1 Å². The third-order valence-corrected chi connectivity index (χ3v) is 10.8. The Balaban J connectivity index is 1.92. The SMILES string of the molecule is C/C(=C\C1=CSC(C)N1C)[C@@H]1C[C@@H]2O[C@]2(C)C[C@H](C)[C@@H](C)[C@H](C)[C@H](O)[C@@H](C)C(=O)C(C)(C)[C@@H](O)CC(=O)O1. The van der Waals surface area contributed by atoms with Crippen molar-refractivity contribution in [3.63, 3.8) is 0 Å². The number of esters is 1. The van der Waals surface area contributed by atoms with Gasteiger partial charge in [0.2, 0.25) is 0 Å². The summed E-state index contributed by atoms with van der Waals surface area (Å²) in [6, 6.07) is 0. The first kappa shape index (κ1) is 31.2. The van der Waals surface area contributed by atoms with Crippen molar-refractivity contribution < 1.29 is 29.3 Å². The predicted molar refractivity (Wildman–Crippen MR) is 151 cm³/mol. The summed E-state index contributed by atoms with van der Waals surface area (Å²) in [6.07, 6.45) is 0.458. The van der Waals surface area contributed by atoms with Gasteiger partial charge in [-0.05, 0) is 62.0 Å². The predicted octanol–water partition coefficient (Wildman–Crippen LogP) is 4.91. The van der Waals surface area contributed by atoms with E-state index in [0.717, 1.165) is 17.7 Å². The molecule has 0 amide bonds. The minimum Gasteiger partial charge on any atom is -0.458 e. The van der Waals surface area contributed by atoms with Gasteiger partial charge in [0.15, 0.2) is 0 Å². The number of rotatable bonds is 2. The number of thioether (sulfide) groups is 1. The summed E-state index contributed by atoms with van der Waals surface area (Å²) in [5.41, 5.74) is 0.436. The maximum atomic E-state index is 13.4. The number of fused-ring (bicyclic) bond motifs is 1. The van der Waals surface area contributed by atoms with Gasteiger partial charge in [-0.25, -0.2) is 0 Å². The molecule has 38 heavy (non-hydrogen) atoms. The lowest BCUT2D eigenvalue weighted by molar-refractivity contribution is -0.154. The molecule has 7 nitrogen and oxygen atoms in total. The van der Waals surface area contributed by atoms with Crippen LogP contribution in [-0.4, -0.2) is 69.3 Å². The molecule has 3 aliphatic rings. The van der Waals surface area contributed by atoms with Crippen LogP contribution in [-0.2, 0) is 19.1 Å². The van der Waals surface area contributed by atoms with Gasteiger partial charge in [-0.1, -0.05) is 41.5 Å². The fraction of sp³-hybridized carbons (Fsp3) is 0.800. The van der Waals surface area contributed by atoms with Crippen molar-refractivity contribution in [2.45, 2.75) is 117 Å². The lowest BCUT2D eigenvalue weighted by atomic mass is 9.70. The number of hydrogen-bond donors (Lipinski definition) is 2. The van der Waals surface area contributed by atoms with E-state index < -0.39 is 35.6 Å². The van der Waals surface area contributed by atoms with Gasteiger partial charge in [-0.15, -0.1) is 11.8 Å². The van der Waals surface area contributed by atoms with Gasteiger partial charge in [0.1, 0.15) is 11.9 Å². The Morgan fingerprint density at radius 3 is 2.32 bits per heavy atom. The lowest BCUT2D eigenvalue weighted by Gasteiger charge is -2.37. The number of cyclic esters (lactones) is 1. The highest BCUT2D eigenvalue weighted by molar-refractivity contribution is 8.02. The fourth-order valence-corrected chi connectivity index (χ4v) is 6.81. The Bertz CT molecular complexity index is 962. The lowest BCUT2D eigenvalue weighted by Crippen LogP contribution is -2.46. The molecule has 2 fully saturated rings. The van der Waals surface area contributed by atoms with E-state index in [9.17, 15) is 19.8 Å². The van der Waals surface area contributed by atoms with Crippen LogP contribution in [0.25, 0.3) is 0 Å². The first-order valence-electron chi connectivity index (χ1n) is 14.0. The van der Waals surface area contributed by atoms with Crippen molar-refractivity contribution in [1.82, 2.24) is 4.90 Å². The Morgan fingerprint density at radius 2 is 1.74 bits per heavy atom. The van der Waals surface area contributed by atoms with Crippen LogP contribution in [0.5, 0.6) is 0 Å². The van der Waals surface area contributed by atoms with Crippen molar-refractivity contribution >= 4 is 23.5 Å². The number of carbonyl (C=O) groups excluding carboxylic acids is 2. The van der Waals surface area contributed by atoms with Gasteiger partial charge < -0.3 is 24.6 Å². The van der Waals surface area contributed by atoms with Crippen LogP contribution in [0.2, 0.25) is 0 Å².